The van der Waals surface area contributed by atoms with Gasteiger partial charge in [-0.1, -0.05) is 6.07 Å². The average molecular weight is 538 g/mol. The molecule has 0 radical (unpaired) electrons. The fourth-order valence-corrected chi connectivity index (χ4v) is 4.46. The van der Waals surface area contributed by atoms with Gasteiger partial charge in [-0.2, -0.15) is 0 Å². The van der Waals surface area contributed by atoms with Crippen LogP contribution in [0.15, 0.2) is 41.2 Å². The molecular formula is C28H29F2N5O4. The fraction of sp³-hybridized carbons (Fsp3) is 0.286. The third kappa shape index (κ3) is 5.52. The molecule has 11 heteroatoms. The molecule has 2 N–H and O–H groups in total. The van der Waals surface area contributed by atoms with Crippen molar-refractivity contribution in [3.05, 3.63) is 75.1 Å². The molecule has 0 bridgehead atoms. The summed E-state index contributed by atoms with van der Waals surface area (Å²) in [5.74, 6) is -2.36. The molecule has 9 nitrogen and oxygen atoms in total. The number of nitrogens with one attached hydrogen (secondary N) is 2. The van der Waals surface area contributed by atoms with Crippen molar-refractivity contribution in [2.24, 2.45) is 7.05 Å². The van der Waals surface area contributed by atoms with Gasteiger partial charge in [0, 0.05) is 38.3 Å². The summed E-state index contributed by atoms with van der Waals surface area (Å²) in [7, 11) is 3.05. The molecule has 0 atom stereocenters. The largest absolute Gasteiger partial charge is 0.339 e. The van der Waals surface area contributed by atoms with Gasteiger partial charge in [-0.05, 0) is 62.6 Å². The first-order valence-corrected chi connectivity index (χ1v) is 12.3. The number of nitrogens with zero attached hydrogens (tertiary/aromatic N) is 3. The Hall–Kier alpha value is -4.54. The molecule has 3 aromatic rings. The molecule has 1 aromatic heterocycles. The van der Waals surface area contributed by atoms with Gasteiger partial charge in [0.05, 0.1) is 17.1 Å². The number of carbonyl (C=O) groups is 3. The van der Waals surface area contributed by atoms with E-state index in [0.29, 0.717) is 12.0 Å². The van der Waals surface area contributed by atoms with Gasteiger partial charge >= 0.3 is 0 Å². The van der Waals surface area contributed by atoms with Crippen LogP contribution in [-0.2, 0) is 16.6 Å². The van der Waals surface area contributed by atoms with E-state index in [0.717, 1.165) is 29.9 Å². The number of hydrogen-bond acceptors (Lipinski definition) is 5. The van der Waals surface area contributed by atoms with Crippen LogP contribution in [0, 0.1) is 25.5 Å². The monoisotopic (exact) mass is 537 g/mol. The van der Waals surface area contributed by atoms with Gasteiger partial charge in [-0.3, -0.25) is 28.6 Å². The number of halogens is 2. The number of benzene rings is 2. The molecule has 39 heavy (non-hydrogen) atoms. The number of anilines is 5. The molecule has 1 aliphatic carbocycles. The molecule has 0 spiro atoms. The number of pyridine rings is 1. The topological polar surface area (TPSA) is 104 Å². The summed E-state index contributed by atoms with van der Waals surface area (Å²) in [6.07, 6.45) is 1.94. The lowest BCUT2D eigenvalue weighted by Gasteiger charge is -2.28. The van der Waals surface area contributed by atoms with E-state index in [-0.39, 0.29) is 45.7 Å². The number of rotatable bonds is 8. The maximum Gasteiger partial charge on any atom is 0.259 e. The van der Waals surface area contributed by atoms with Gasteiger partial charge in [0.25, 0.3) is 11.5 Å². The van der Waals surface area contributed by atoms with E-state index in [1.165, 1.54) is 48.6 Å². The van der Waals surface area contributed by atoms with Gasteiger partial charge in [0.1, 0.15) is 23.0 Å². The van der Waals surface area contributed by atoms with E-state index in [1.54, 1.807) is 20.0 Å². The molecule has 0 unspecified atom stereocenters. The summed E-state index contributed by atoms with van der Waals surface area (Å²) >= 11 is 0. The van der Waals surface area contributed by atoms with Crippen molar-refractivity contribution in [1.29, 1.82) is 0 Å². The maximum atomic E-state index is 14.9. The predicted octanol–water partition coefficient (Wildman–Crippen LogP) is 4.51. The van der Waals surface area contributed by atoms with Crippen molar-refractivity contribution >= 4 is 46.8 Å². The Morgan fingerprint density at radius 3 is 2.38 bits per heavy atom. The quantitative estimate of drug-likeness (QED) is 0.412. The maximum absolute atomic E-state index is 14.9. The van der Waals surface area contributed by atoms with Gasteiger partial charge in [-0.15, -0.1) is 0 Å². The Morgan fingerprint density at radius 1 is 1.10 bits per heavy atom. The van der Waals surface area contributed by atoms with Gasteiger partial charge < -0.3 is 15.5 Å². The molecular weight excluding hydrogens is 508 g/mol. The minimum Gasteiger partial charge on any atom is -0.339 e. The molecule has 1 aliphatic rings. The van der Waals surface area contributed by atoms with E-state index in [4.69, 9.17) is 0 Å². The molecule has 204 valence electrons. The number of carbonyl (C=O) groups excluding carboxylic acids is 3. The van der Waals surface area contributed by atoms with Gasteiger partial charge in [0.2, 0.25) is 12.3 Å². The average Bonchev–Trinajstić information content (AvgIpc) is 3.71. The lowest BCUT2D eigenvalue weighted by Crippen LogP contribution is -2.35. The zero-order valence-corrected chi connectivity index (χ0v) is 22.3. The molecule has 4 rings (SSSR count). The predicted molar refractivity (Wildman–Crippen MR) is 145 cm³/mol. The highest BCUT2D eigenvalue weighted by atomic mass is 19.1. The Balaban J connectivity index is 2.00. The molecule has 1 heterocycles. The zero-order chi connectivity index (χ0) is 28.6. The SMILES string of the molecule is CC(=O)Nc1cc(F)cc(N(C=O)c2c(C(=O)N(C)C3CC3)c(Nc3ccc(C)cc3F)n(C)c(=O)c2C)c1. The van der Waals surface area contributed by atoms with E-state index >= 15 is 0 Å². The van der Waals surface area contributed by atoms with Crippen LogP contribution < -0.4 is 21.1 Å². The highest BCUT2D eigenvalue weighted by Gasteiger charge is 2.36. The summed E-state index contributed by atoms with van der Waals surface area (Å²) in [5, 5.41) is 5.35. The van der Waals surface area contributed by atoms with Gasteiger partial charge in [-0.25, -0.2) is 8.78 Å². The summed E-state index contributed by atoms with van der Waals surface area (Å²) in [4.78, 5) is 54.0. The summed E-state index contributed by atoms with van der Waals surface area (Å²) in [5.41, 5.74) is 0.0729. The highest BCUT2D eigenvalue weighted by molar-refractivity contribution is 6.09. The second-order valence-corrected chi connectivity index (χ2v) is 9.67. The van der Waals surface area contributed by atoms with E-state index in [1.807, 2.05) is 0 Å². The lowest BCUT2D eigenvalue weighted by atomic mass is 10.1. The summed E-state index contributed by atoms with van der Waals surface area (Å²) < 4.78 is 30.6. The normalized spacial score (nSPS) is 12.6. The Morgan fingerprint density at radius 2 is 1.79 bits per heavy atom. The summed E-state index contributed by atoms with van der Waals surface area (Å²) in [6.45, 7) is 4.43. The van der Waals surface area contributed by atoms with Crippen LogP contribution in [0.4, 0.5) is 37.3 Å². The number of aromatic nitrogens is 1. The molecule has 3 amide bonds. The van der Waals surface area contributed by atoms with Crippen LogP contribution >= 0.6 is 0 Å². The van der Waals surface area contributed by atoms with Crippen LogP contribution in [-0.4, -0.2) is 40.8 Å². The van der Waals surface area contributed by atoms with Crippen LogP contribution in [0.25, 0.3) is 0 Å². The van der Waals surface area contributed by atoms with Crippen LogP contribution in [0.2, 0.25) is 0 Å². The minimum atomic E-state index is -0.757. The molecule has 2 aromatic carbocycles. The van der Waals surface area contributed by atoms with Crippen molar-refractivity contribution in [3.8, 4) is 0 Å². The standard InChI is InChI=1S/C28H29F2N5O4/c1-15-6-9-23(22(30)10-15)32-26-24(28(39)33(4)20-7-8-20)25(16(2)27(38)34(26)5)35(14-36)21-12-18(29)11-19(13-21)31-17(3)37/h6,9-14,20,32H,7-8H2,1-5H3,(H,31,37). The van der Waals surface area contributed by atoms with Crippen molar-refractivity contribution in [3.63, 3.8) is 0 Å². The first-order valence-electron chi connectivity index (χ1n) is 12.3. The fourth-order valence-electron chi connectivity index (χ4n) is 4.46. The van der Waals surface area contributed by atoms with E-state index in [9.17, 15) is 28.0 Å². The number of amides is 3. The highest BCUT2D eigenvalue weighted by Crippen LogP contribution is 2.38. The Kier molecular flexibility index (Phi) is 7.53. The smallest absolute Gasteiger partial charge is 0.259 e. The first kappa shape index (κ1) is 27.5. The zero-order valence-electron chi connectivity index (χ0n) is 22.3. The molecule has 0 saturated heterocycles. The van der Waals surface area contributed by atoms with Crippen LogP contribution in [0.5, 0.6) is 0 Å². The van der Waals surface area contributed by atoms with Gasteiger partial charge in [0.15, 0.2) is 0 Å². The van der Waals surface area contributed by atoms with Crippen LogP contribution in [0.3, 0.4) is 0 Å². The minimum absolute atomic E-state index is 0.0184. The van der Waals surface area contributed by atoms with E-state index < -0.39 is 29.0 Å². The summed E-state index contributed by atoms with van der Waals surface area (Å²) in [6, 6.07) is 7.90. The molecule has 1 fully saturated rings. The van der Waals surface area contributed by atoms with E-state index in [2.05, 4.69) is 10.6 Å². The second-order valence-electron chi connectivity index (χ2n) is 9.67. The number of aryl methyl sites for hydroxylation is 1. The Bertz CT molecular complexity index is 1550. The molecule has 0 aliphatic heterocycles. The van der Waals surface area contributed by atoms with Crippen molar-refractivity contribution in [2.75, 3.05) is 22.6 Å². The Labute approximate surface area is 224 Å². The third-order valence-electron chi connectivity index (χ3n) is 6.62. The first-order chi connectivity index (χ1) is 18.4. The van der Waals surface area contributed by atoms with Crippen LogP contribution in [0.1, 0.15) is 41.3 Å². The van der Waals surface area contributed by atoms with Crippen molar-refractivity contribution < 1.29 is 23.2 Å². The lowest BCUT2D eigenvalue weighted by molar-refractivity contribution is -0.114. The van der Waals surface area contributed by atoms with Crippen molar-refractivity contribution in [2.45, 2.75) is 39.7 Å². The number of hydrogen-bond donors (Lipinski definition) is 2. The molecule has 1 saturated carbocycles. The van der Waals surface area contributed by atoms with Crippen molar-refractivity contribution in [1.82, 2.24) is 9.47 Å². The third-order valence-corrected chi connectivity index (χ3v) is 6.62. The second kappa shape index (κ2) is 10.7.